The molecule has 3 aromatic heterocycles. The lowest BCUT2D eigenvalue weighted by Gasteiger charge is -2.38. The molecule has 1 fully saturated rings. The number of alkyl halides is 3. The molecule has 6 rings (SSSR count). The van der Waals surface area contributed by atoms with Crippen molar-refractivity contribution < 1.29 is 18.0 Å². The van der Waals surface area contributed by atoms with E-state index in [0.717, 1.165) is 21.7 Å². The summed E-state index contributed by atoms with van der Waals surface area (Å²) in [6, 6.07) is 16.2. The molecule has 1 aliphatic heterocycles. The molecule has 1 aliphatic rings. The van der Waals surface area contributed by atoms with Crippen molar-refractivity contribution >= 4 is 28.3 Å². The van der Waals surface area contributed by atoms with Gasteiger partial charge in [-0.3, -0.25) is 9.89 Å². The number of carbonyl (C=O) groups excluding carboxylic acids is 1. The van der Waals surface area contributed by atoms with Crippen LogP contribution in [0, 0.1) is 0 Å². The molecule has 37 heavy (non-hydrogen) atoms. The van der Waals surface area contributed by atoms with Gasteiger partial charge in [-0.25, -0.2) is 23.1 Å². The zero-order valence-corrected chi connectivity index (χ0v) is 19.3. The molecule has 186 valence electrons. The zero-order valence-electron chi connectivity index (χ0n) is 19.3. The standard InChI is InChI=1S/C26H20F3N7O/c27-15-36-21-10-18(2-1-17(21)9-22(36)25(37)35-13-26(28,29)14-35)24-30-8-7-23(34-24)33-20-5-3-16(4-6-20)19-11-31-32-12-19/h1-12H,13-15H2,(H,31,32)(H,30,33,34). The number of aromatic nitrogens is 5. The molecule has 0 unspecified atom stereocenters. The van der Waals surface area contributed by atoms with Crippen molar-refractivity contribution in [2.45, 2.75) is 12.7 Å². The molecule has 11 heteroatoms. The number of H-pyrrole nitrogens is 1. The lowest BCUT2D eigenvalue weighted by Crippen LogP contribution is -2.58. The molecule has 1 amide bonds. The average molecular weight is 503 g/mol. The number of carbonyl (C=O) groups is 1. The van der Waals surface area contributed by atoms with Crippen LogP contribution in [0.2, 0.25) is 0 Å². The molecular formula is C26H20F3N7O. The number of likely N-dealkylation sites (tertiary alicyclic amines) is 1. The molecule has 0 saturated carbocycles. The summed E-state index contributed by atoms with van der Waals surface area (Å²) in [5.41, 5.74) is 3.93. The SMILES string of the molecule is O=C(c1cc2ccc(-c3nccc(Nc4ccc(-c5cn[nH]c5)cc4)n3)cc2n1CF)N1CC(F)(F)C1. The fraction of sp³-hybridized carbons (Fsp3) is 0.154. The van der Waals surface area contributed by atoms with Gasteiger partial charge in [-0.15, -0.1) is 0 Å². The maximum absolute atomic E-state index is 14.0. The summed E-state index contributed by atoms with van der Waals surface area (Å²) in [5.74, 6) is -2.55. The van der Waals surface area contributed by atoms with Gasteiger partial charge in [0.2, 0.25) is 0 Å². The number of nitrogens with zero attached hydrogens (tertiary/aromatic N) is 5. The number of nitrogens with one attached hydrogen (secondary N) is 2. The van der Waals surface area contributed by atoms with E-state index in [-0.39, 0.29) is 5.69 Å². The predicted molar refractivity (Wildman–Crippen MR) is 132 cm³/mol. The van der Waals surface area contributed by atoms with Gasteiger partial charge in [0.15, 0.2) is 12.6 Å². The minimum absolute atomic E-state index is 0.0281. The third-order valence-corrected chi connectivity index (χ3v) is 6.28. The Labute approximate surface area is 208 Å². The molecular weight excluding hydrogens is 483 g/mol. The highest BCUT2D eigenvalue weighted by atomic mass is 19.3. The van der Waals surface area contributed by atoms with E-state index in [2.05, 4.69) is 25.5 Å². The van der Waals surface area contributed by atoms with Gasteiger partial charge in [0.1, 0.15) is 11.5 Å². The second kappa shape index (κ2) is 8.77. The molecule has 8 nitrogen and oxygen atoms in total. The Balaban J connectivity index is 1.26. The van der Waals surface area contributed by atoms with Crippen LogP contribution < -0.4 is 5.32 Å². The molecule has 0 aliphatic carbocycles. The number of halogens is 3. The maximum atomic E-state index is 14.0. The number of hydrogen-bond acceptors (Lipinski definition) is 5. The number of amides is 1. The van der Waals surface area contributed by atoms with Crippen molar-refractivity contribution in [3.05, 3.63) is 78.9 Å². The van der Waals surface area contributed by atoms with Crippen LogP contribution in [0.15, 0.2) is 73.2 Å². The number of fused-ring (bicyclic) bond motifs is 1. The Morgan fingerprint density at radius 2 is 1.81 bits per heavy atom. The first-order chi connectivity index (χ1) is 17.9. The molecule has 0 radical (unpaired) electrons. The summed E-state index contributed by atoms with van der Waals surface area (Å²) >= 11 is 0. The highest BCUT2D eigenvalue weighted by molar-refractivity contribution is 6.00. The van der Waals surface area contributed by atoms with E-state index in [0.29, 0.717) is 28.1 Å². The Morgan fingerprint density at radius 3 is 2.51 bits per heavy atom. The molecule has 2 N–H and O–H groups in total. The second-order valence-corrected chi connectivity index (χ2v) is 8.82. The van der Waals surface area contributed by atoms with E-state index in [9.17, 15) is 18.0 Å². The Morgan fingerprint density at radius 1 is 1.03 bits per heavy atom. The third-order valence-electron chi connectivity index (χ3n) is 6.28. The number of rotatable bonds is 6. The van der Waals surface area contributed by atoms with Crippen LogP contribution in [0.5, 0.6) is 0 Å². The first-order valence-corrected chi connectivity index (χ1v) is 11.5. The van der Waals surface area contributed by atoms with Gasteiger partial charge >= 0.3 is 0 Å². The highest BCUT2D eigenvalue weighted by Gasteiger charge is 2.47. The maximum Gasteiger partial charge on any atom is 0.282 e. The van der Waals surface area contributed by atoms with Crippen LogP contribution in [0.1, 0.15) is 10.5 Å². The number of hydrogen-bond donors (Lipinski definition) is 2. The van der Waals surface area contributed by atoms with Gasteiger partial charge in [-0.05, 0) is 35.9 Å². The van der Waals surface area contributed by atoms with Crippen molar-refractivity contribution in [1.82, 2.24) is 29.6 Å². The lowest BCUT2D eigenvalue weighted by atomic mass is 10.1. The van der Waals surface area contributed by atoms with Crippen LogP contribution in [-0.4, -0.2) is 54.6 Å². The van der Waals surface area contributed by atoms with Gasteiger partial charge in [0, 0.05) is 34.6 Å². The van der Waals surface area contributed by atoms with Crippen molar-refractivity contribution in [3.63, 3.8) is 0 Å². The monoisotopic (exact) mass is 503 g/mol. The summed E-state index contributed by atoms with van der Waals surface area (Å²) in [4.78, 5) is 22.6. The molecule has 5 aromatic rings. The van der Waals surface area contributed by atoms with Crippen molar-refractivity contribution in [2.24, 2.45) is 0 Å². The normalized spacial score (nSPS) is 14.5. The topological polar surface area (TPSA) is 91.7 Å². The van der Waals surface area contributed by atoms with Crippen molar-refractivity contribution in [2.75, 3.05) is 18.4 Å². The first kappa shape index (κ1) is 22.8. The minimum Gasteiger partial charge on any atom is -0.340 e. The molecule has 0 spiro atoms. The van der Waals surface area contributed by atoms with Crippen molar-refractivity contribution in [3.8, 4) is 22.5 Å². The summed E-state index contributed by atoms with van der Waals surface area (Å²) < 4.78 is 41.7. The van der Waals surface area contributed by atoms with Gasteiger partial charge in [-0.1, -0.05) is 24.3 Å². The van der Waals surface area contributed by atoms with Crippen LogP contribution >= 0.6 is 0 Å². The summed E-state index contributed by atoms with van der Waals surface area (Å²) in [6.45, 7) is -2.30. The van der Waals surface area contributed by atoms with Gasteiger partial charge in [0.05, 0.1) is 24.8 Å². The van der Waals surface area contributed by atoms with E-state index in [1.165, 1.54) is 10.6 Å². The number of aromatic amines is 1. The summed E-state index contributed by atoms with van der Waals surface area (Å²) in [5, 5.41) is 10.6. The van der Waals surface area contributed by atoms with Gasteiger partial charge in [-0.2, -0.15) is 5.10 Å². The quantitative estimate of drug-likeness (QED) is 0.330. The summed E-state index contributed by atoms with van der Waals surface area (Å²) in [7, 11) is 0. The smallest absolute Gasteiger partial charge is 0.282 e. The Hall–Kier alpha value is -4.67. The lowest BCUT2D eigenvalue weighted by molar-refractivity contribution is -0.113. The third kappa shape index (κ3) is 4.28. The van der Waals surface area contributed by atoms with E-state index >= 15 is 0 Å². The largest absolute Gasteiger partial charge is 0.340 e. The minimum atomic E-state index is -2.90. The second-order valence-electron chi connectivity index (χ2n) is 8.82. The molecule has 1 saturated heterocycles. The molecule has 0 bridgehead atoms. The van der Waals surface area contributed by atoms with E-state index in [4.69, 9.17) is 0 Å². The fourth-order valence-electron chi connectivity index (χ4n) is 4.39. The number of benzene rings is 2. The van der Waals surface area contributed by atoms with Gasteiger partial charge < -0.3 is 14.8 Å². The summed E-state index contributed by atoms with van der Waals surface area (Å²) in [6.07, 6.45) is 5.18. The van der Waals surface area contributed by atoms with E-state index < -0.39 is 31.7 Å². The Bertz CT molecular complexity index is 1590. The highest BCUT2D eigenvalue weighted by Crippen LogP contribution is 2.31. The van der Waals surface area contributed by atoms with Gasteiger partial charge in [0.25, 0.3) is 11.8 Å². The van der Waals surface area contributed by atoms with Crippen molar-refractivity contribution in [1.29, 1.82) is 0 Å². The van der Waals surface area contributed by atoms with Crippen LogP contribution in [-0.2, 0) is 6.80 Å². The van der Waals surface area contributed by atoms with Crippen LogP contribution in [0.4, 0.5) is 24.7 Å². The predicted octanol–water partition coefficient (Wildman–Crippen LogP) is 5.25. The molecule has 4 heterocycles. The van der Waals surface area contributed by atoms with Crippen LogP contribution in [0.25, 0.3) is 33.4 Å². The molecule has 0 atom stereocenters. The van der Waals surface area contributed by atoms with Crippen LogP contribution in [0.3, 0.4) is 0 Å². The first-order valence-electron chi connectivity index (χ1n) is 11.5. The fourth-order valence-corrected chi connectivity index (χ4v) is 4.39. The average Bonchev–Trinajstić information content (AvgIpc) is 3.55. The van der Waals surface area contributed by atoms with E-state index in [1.807, 2.05) is 30.5 Å². The Kier molecular flexibility index (Phi) is 5.40. The zero-order chi connectivity index (χ0) is 25.6. The molecule has 2 aromatic carbocycles. The number of anilines is 2. The van der Waals surface area contributed by atoms with E-state index in [1.54, 1.807) is 36.7 Å².